The number of hydrogen-bond acceptors (Lipinski definition) is 7. The van der Waals surface area contributed by atoms with Gasteiger partial charge >= 0.3 is 0 Å². The van der Waals surface area contributed by atoms with Crippen molar-refractivity contribution in [3.05, 3.63) is 103 Å². The number of benzene rings is 2. The Balaban J connectivity index is 1.50. The lowest BCUT2D eigenvalue weighted by atomic mass is 10.0. The minimum absolute atomic E-state index is 0.0932. The summed E-state index contributed by atoms with van der Waals surface area (Å²) in [6, 6.07) is 18.5. The molecular formula is C33H34FN5O2S2. The second-order valence-electron chi connectivity index (χ2n) is 10.8. The van der Waals surface area contributed by atoms with Gasteiger partial charge in [0.25, 0.3) is 11.5 Å². The van der Waals surface area contributed by atoms with E-state index < -0.39 is 0 Å². The van der Waals surface area contributed by atoms with Crippen molar-refractivity contribution in [3.63, 3.8) is 0 Å². The van der Waals surface area contributed by atoms with E-state index in [0.717, 1.165) is 43.9 Å². The summed E-state index contributed by atoms with van der Waals surface area (Å²) in [5, 5.41) is 10.00. The van der Waals surface area contributed by atoms with Crippen LogP contribution in [0.2, 0.25) is 0 Å². The van der Waals surface area contributed by atoms with Crippen LogP contribution in [0.5, 0.6) is 0 Å². The van der Waals surface area contributed by atoms with Gasteiger partial charge in [-0.3, -0.25) is 24.0 Å². The average molecular weight is 616 g/mol. The molecule has 222 valence electrons. The number of thioether (sulfide) groups is 1. The summed E-state index contributed by atoms with van der Waals surface area (Å²) in [6.45, 7) is 8.46. The minimum atomic E-state index is -0.343. The number of aromatic nitrogens is 1. The molecule has 2 aromatic carbocycles. The number of amides is 1. The van der Waals surface area contributed by atoms with Crippen molar-refractivity contribution < 1.29 is 9.18 Å². The van der Waals surface area contributed by atoms with E-state index >= 15 is 0 Å². The molecule has 43 heavy (non-hydrogen) atoms. The number of thiocarbonyl (C=S) groups is 1. The molecule has 3 heterocycles. The highest BCUT2D eigenvalue weighted by molar-refractivity contribution is 8.26. The zero-order valence-electron chi connectivity index (χ0n) is 24.4. The number of unbranched alkanes of at least 4 members (excludes halogenated alkanes) is 1. The highest BCUT2D eigenvalue weighted by Crippen LogP contribution is 2.37. The predicted molar refractivity (Wildman–Crippen MR) is 174 cm³/mol. The normalized spacial score (nSPS) is 16.7. The Morgan fingerprint density at radius 3 is 2.33 bits per heavy atom. The minimum Gasteiger partial charge on any atom is -0.355 e. The van der Waals surface area contributed by atoms with E-state index in [0.29, 0.717) is 40.0 Å². The van der Waals surface area contributed by atoms with Gasteiger partial charge in [0.05, 0.1) is 11.4 Å². The molecule has 0 unspecified atom stereocenters. The summed E-state index contributed by atoms with van der Waals surface area (Å²) in [5.74, 6) is 0.157. The molecule has 2 aliphatic heterocycles. The number of rotatable bonds is 9. The molecule has 7 nitrogen and oxygen atoms in total. The maximum Gasteiger partial charge on any atom is 0.270 e. The fraction of sp³-hybridized carbons (Fsp3) is 0.333. The third-order valence-corrected chi connectivity index (χ3v) is 9.28. The number of nitriles is 1. The molecule has 3 aromatic rings. The second kappa shape index (κ2) is 13.7. The lowest BCUT2D eigenvalue weighted by Gasteiger charge is -2.38. The number of anilines is 1. The molecule has 0 radical (unpaired) electrons. The van der Waals surface area contributed by atoms with E-state index in [1.807, 2.05) is 18.2 Å². The standard InChI is InChI=1S/C33H34FN5O2S2/c1-3-4-14-38-30(37-17-15-36(16-18-37)21-24-8-6-5-7-9-24)27(23(2)28(20-35)31(38)40)19-29-32(41)39(33(42)43-29)22-25-10-12-26(34)13-11-25/h5-13,19H,3-4,14-18,21-22H2,1-2H3. The Labute approximate surface area is 261 Å². The number of nitrogens with zero attached hydrogens (tertiary/aromatic N) is 5. The summed E-state index contributed by atoms with van der Waals surface area (Å²) in [4.78, 5) is 33.8. The van der Waals surface area contributed by atoms with Crippen LogP contribution in [0, 0.1) is 24.1 Å². The van der Waals surface area contributed by atoms with Crippen molar-refractivity contribution in [3.8, 4) is 6.07 Å². The van der Waals surface area contributed by atoms with E-state index in [2.05, 4.69) is 34.9 Å². The van der Waals surface area contributed by atoms with E-state index in [1.54, 1.807) is 29.7 Å². The SMILES string of the molecule is CCCCn1c(N2CCN(Cc3ccccc3)CC2)c(C=C2SC(=S)N(Cc3ccc(F)cc3)C2=O)c(C)c(C#N)c1=O. The monoisotopic (exact) mass is 615 g/mol. The van der Waals surface area contributed by atoms with Crippen LogP contribution in [0.4, 0.5) is 10.2 Å². The lowest BCUT2D eigenvalue weighted by molar-refractivity contribution is -0.122. The summed E-state index contributed by atoms with van der Waals surface area (Å²) in [6.07, 6.45) is 3.48. The van der Waals surface area contributed by atoms with Crippen LogP contribution >= 0.6 is 24.0 Å². The molecule has 0 aliphatic carbocycles. The number of hydrogen-bond donors (Lipinski definition) is 0. The summed E-state index contributed by atoms with van der Waals surface area (Å²) in [7, 11) is 0. The lowest BCUT2D eigenvalue weighted by Crippen LogP contribution is -2.48. The molecule has 0 bridgehead atoms. The molecule has 0 saturated carbocycles. The van der Waals surface area contributed by atoms with Gasteiger partial charge in [-0.1, -0.05) is 79.8 Å². The maximum absolute atomic E-state index is 13.6. The van der Waals surface area contributed by atoms with Gasteiger partial charge in [0.15, 0.2) is 0 Å². The molecule has 1 aromatic heterocycles. The third kappa shape index (κ3) is 6.74. The Bertz CT molecular complexity index is 1640. The Hall–Kier alpha value is -3.78. The largest absolute Gasteiger partial charge is 0.355 e. The van der Waals surface area contributed by atoms with Crippen LogP contribution in [0.15, 0.2) is 64.3 Å². The first-order valence-electron chi connectivity index (χ1n) is 14.5. The van der Waals surface area contributed by atoms with Crippen LogP contribution in [-0.2, 0) is 24.4 Å². The Kier molecular flexibility index (Phi) is 9.76. The summed E-state index contributed by atoms with van der Waals surface area (Å²) >= 11 is 6.78. The fourth-order valence-electron chi connectivity index (χ4n) is 5.51. The van der Waals surface area contributed by atoms with E-state index in [-0.39, 0.29) is 29.4 Å². The summed E-state index contributed by atoms with van der Waals surface area (Å²) < 4.78 is 15.6. The van der Waals surface area contributed by atoms with Crippen LogP contribution in [0.1, 0.15) is 47.6 Å². The van der Waals surface area contributed by atoms with Crippen molar-refractivity contribution in [1.82, 2.24) is 14.4 Å². The van der Waals surface area contributed by atoms with Gasteiger partial charge in [0.2, 0.25) is 0 Å². The van der Waals surface area contributed by atoms with Crippen molar-refractivity contribution in [2.45, 2.75) is 46.3 Å². The first-order valence-corrected chi connectivity index (χ1v) is 15.7. The van der Waals surface area contributed by atoms with Crippen LogP contribution < -0.4 is 10.5 Å². The predicted octanol–water partition coefficient (Wildman–Crippen LogP) is 5.69. The van der Waals surface area contributed by atoms with Crippen LogP contribution in [-0.4, -0.2) is 50.8 Å². The van der Waals surface area contributed by atoms with Gasteiger partial charge in [-0.2, -0.15) is 5.26 Å². The van der Waals surface area contributed by atoms with Crippen molar-refractivity contribution in [1.29, 1.82) is 5.26 Å². The molecule has 2 fully saturated rings. The van der Waals surface area contributed by atoms with Gasteiger partial charge in [-0.25, -0.2) is 4.39 Å². The highest BCUT2D eigenvalue weighted by Gasteiger charge is 2.34. The number of carbonyl (C=O) groups is 1. The highest BCUT2D eigenvalue weighted by atomic mass is 32.2. The molecule has 2 saturated heterocycles. The topological polar surface area (TPSA) is 72.6 Å². The molecule has 10 heteroatoms. The van der Waals surface area contributed by atoms with Crippen molar-refractivity contribution in [2.24, 2.45) is 0 Å². The Morgan fingerprint density at radius 1 is 1.00 bits per heavy atom. The first kappa shape index (κ1) is 30.7. The molecule has 0 spiro atoms. The average Bonchev–Trinajstić information content (AvgIpc) is 3.27. The molecule has 5 rings (SSSR count). The molecule has 1 amide bonds. The molecule has 0 atom stereocenters. The van der Waals surface area contributed by atoms with Crippen molar-refractivity contribution >= 4 is 46.1 Å². The van der Waals surface area contributed by atoms with Gasteiger partial charge in [-0.05, 0) is 48.2 Å². The molecule has 0 N–H and O–H groups in total. The first-order chi connectivity index (χ1) is 20.8. The van der Waals surface area contributed by atoms with E-state index in [1.165, 1.54) is 34.4 Å². The number of piperazine rings is 1. The zero-order valence-corrected chi connectivity index (χ0v) is 26.0. The zero-order chi connectivity index (χ0) is 30.5. The van der Waals surface area contributed by atoms with Crippen LogP contribution in [0.25, 0.3) is 6.08 Å². The second-order valence-corrected chi connectivity index (χ2v) is 12.5. The van der Waals surface area contributed by atoms with Gasteiger partial charge in [0.1, 0.15) is 27.6 Å². The molecular weight excluding hydrogens is 582 g/mol. The summed E-state index contributed by atoms with van der Waals surface area (Å²) in [5.41, 5.74) is 3.08. The van der Waals surface area contributed by atoms with E-state index in [9.17, 15) is 19.2 Å². The van der Waals surface area contributed by atoms with E-state index in [4.69, 9.17) is 12.2 Å². The molecule has 2 aliphatic rings. The van der Waals surface area contributed by atoms with Crippen LogP contribution in [0.3, 0.4) is 0 Å². The smallest absolute Gasteiger partial charge is 0.270 e. The number of carbonyl (C=O) groups excluding carboxylic acids is 1. The van der Waals surface area contributed by atoms with Gasteiger partial charge in [0, 0.05) is 44.8 Å². The number of pyridine rings is 1. The Morgan fingerprint density at radius 2 is 1.67 bits per heavy atom. The maximum atomic E-state index is 13.6. The quantitative estimate of drug-likeness (QED) is 0.226. The number of halogens is 1. The van der Waals surface area contributed by atoms with Gasteiger partial charge < -0.3 is 4.90 Å². The van der Waals surface area contributed by atoms with Gasteiger partial charge in [-0.15, -0.1) is 0 Å². The third-order valence-electron chi connectivity index (χ3n) is 7.91. The van der Waals surface area contributed by atoms with Crippen molar-refractivity contribution in [2.75, 3.05) is 31.1 Å². The fourth-order valence-corrected chi connectivity index (χ4v) is 6.74.